The van der Waals surface area contributed by atoms with Crippen LogP contribution in [-0.2, 0) is 4.79 Å². The van der Waals surface area contributed by atoms with Crippen LogP contribution in [0.25, 0.3) is 6.08 Å². The highest BCUT2D eigenvalue weighted by Gasteiger charge is 2.28. The van der Waals surface area contributed by atoms with Gasteiger partial charge >= 0.3 is 0 Å². The molecule has 1 N–H and O–H groups in total. The highest BCUT2D eigenvalue weighted by atomic mass is 32.1. The molecule has 0 saturated carbocycles. The lowest BCUT2D eigenvalue weighted by Gasteiger charge is -2.35. The molecule has 3 aromatic rings. The summed E-state index contributed by atoms with van der Waals surface area (Å²) in [5, 5.41) is 4.08. The van der Waals surface area contributed by atoms with Gasteiger partial charge in [0.05, 0.1) is 11.7 Å². The van der Waals surface area contributed by atoms with Gasteiger partial charge in [-0.3, -0.25) is 4.79 Å². The van der Waals surface area contributed by atoms with Gasteiger partial charge in [0.1, 0.15) is 11.6 Å². The number of aryl methyl sites for hydroxylation is 2. The maximum Gasteiger partial charge on any atom is 0.247 e. The minimum Gasteiger partial charge on any atom is -0.331 e. The highest BCUT2D eigenvalue weighted by molar-refractivity contribution is 7.15. The Morgan fingerprint density at radius 1 is 1.20 bits per heavy atom. The standard InChI is InChI=1S/C23H25N5OS/c1-16-15-24-23(30-16)27-21-14-19(25-17(2)26-21)20-10-6-7-13-28(20)22(29)12-11-18-8-4-3-5-9-18/h3-5,8-9,11-12,14-15,20H,6-7,10,13H2,1-2H3,(H,24,25,26,27)/b12-11+/t20-/m0/s1. The minimum absolute atomic E-state index is 0.0184. The summed E-state index contributed by atoms with van der Waals surface area (Å²) >= 11 is 1.58. The number of aromatic nitrogens is 3. The molecule has 30 heavy (non-hydrogen) atoms. The first kappa shape index (κ1) is 20.2. The van der Waals surface area contributed by atoms with E-state index in [0.29, 0.717) is 11.6 Å². The van der Waals surface area contributed by atoms with Gasteiger partial charge < -0.3 is 10.2 Å². The molecule has 1 fully saturated rings. The summed E-state index contributed by atoms with van der Waals surface area (Å²) in [6, 6.07) is 11.8. The third-order valence-corrected chi connectivity index (χ3v) is 5.89. The average molecular weight is 420 g/mol. The summed E-state index contributed by atoms with van der Waals surface area (Å²) in [6.45, 7) is 4.64. The summed E-state index contributed by atoms with van der Waals surface area (Å²) < 4.78 is 0. The van der Waals surface area contributed by atoms with E-state index in [2.05, 4.69) is 20.3 Å². The fourth-order valence-corrected chi connectivity index (χ4v) is 4.35. The van der Waals surface area contributed by atoms with Gasteiger partial charge in [-0.05, 0) is 44.7 Å². The second-order valence-electron chi connectivity index (χ2n) is 7.41. The second kappa shape index (κ2) is 9.17. The van der Waals surface area contributed by atoms with E-state index >= 15 is 0 Å². The van der Waals surface area contributed by atoms with Gasteiger partial charge in [-0.25, -0.2) is 15.0 Å². The first-order valence-electron chi connectivity index (χ1n) is 10.2. The predicted octanol–water partition coefficient (Wildman–Crippen LogP) is 5.06. The molecule has 1 aliphatic rings. The fourth-order valence-electron chi connectivity index (χ4n) is 3.68. The second-order valence-corrected chi connectivity index (χ2v) is 8.65. The van der Waals surface area contributed by atoms with Crippen LogP contribution < -0.4 is 5.32 Å². The van der Waals surface area contributed by atoms with E-state index < -0.39 is 0 Å². The molecule has 6 nitrogen and oxygen atoms in total. The predicted molar refractivity (Wildman–Crippen MR) is 121 cm³/mol. The molecule has 7 heteroatoms. The lowest BCUT2D eigenvalue weighted by atomic mass is 9.98. The average Bonchev–Trinajstić information content (AvgIpc) is 3.16. The quantitative estimate of drug-likeness (QED) is 0.585. The van der Waals surface area contributed by atoms with Gasteiger partial charge in [0, 0.05) is 29.8 Å². The number of hydrogen-bond acceptors (Lipinski definition) is 6. The molecule has 0 aliphatic carbocycles. The van der Waals surface area contributed by atoms with Crippen LogP contribution >= 0.6 is 11.3 Å². The van der Waals surface area contributed by atoms with E-state index in [9.17, 15) is 4.79 Å². The number of thiazole rings is 1. The van der Waals surface area contributed by atoms with Gasteiger partial charge in [0.2, 0.25) is 5.91 Å². The third-order valence-electron chi connectivity index (χ3n) is 5.06. The van der Waals surface area contributed by atoms with Gasteiger partial charge in [-0.2, -0.15) is 0 Å². The Bertz CT molecular complexity index is 1050. The highest BCUT2D eigenvalue weighted by Crippen LogP contribution is 2.32. The number of anilines is 2. The maximum atomic E-state index is 13.0. The molecule has 3 heterocycles. The Hall–Kier alpha value is -3.06. The summed E-state index contributed by atoms with van der Waals surface area (Å²) in [4.78, 5) is 29.6. The fraction of sp³-hybridized carbons (Fsp3) is 0.304. The molecule has 1 saturated heterocycles. The smallest absolute Gasteiger partial charge is 0.247 e. The molecule has 2 aromatic heterocycles. The van der Waals surface area contributed by atoms with Crippen LogP contribution in [0.4, 0.5) is 10.9 Å². The van der Waals surface area contributed by atoms with Crippen LogP contribution in [0.3, 0.4) is 0 Å². The van der Waals surface area contributed by atoms with Crippen molar-refractivity contribution in [3.8, 4) is 0 Å². The Morgan fingerprint density at radius 3 is 2.80 bits per heavy atom. The number of piperidine rings is 1. The van der Waals surface area contributed by atoms with Crippen molar-refractivity contribution in [1.29, 1.82) is 0 Å². The Balaban J connectivity index is 1.56. The summed E-state index contributed by atoms with van der Waals surface area (Å²) in [5.41, 5.74) is 1.89. The number of carbonyl (C=O) groups excluding carboxylic acids is 1. The van der Waals surface area contributed by atoms with Gasteiger partial charge in [-0.1, -0.05) is 30.3 Å². The number of benzene rings is 1. The van der Waals surface area contributed by atoms with Gasteiger partial charge in [0.25, 0.3) is 0 Å². The molecule has 0 radical (unpaired) electrons. The third kappa shape index (κ3) is 4.91. The number of nitrogens with zero attached hydrogens (tertiary/aromatic N) is 4. The molecule has 154 valence electrons. The molecule has 4 rings (SSSR count). The Kier molecular flexibility index (Phi) is 6.18. The Morgan fingerprint density at radius 2 is 2.03 bits per heavy atom. The first-order chi connectivity index (χ1) is 14.6. The molecular weight excluding hydrogens is 394 g/mol. The SMILES string of the molecule is Cc1nc(Nc2ncc(C)s2)cc([C@@H]2CCCCN2C(=O)/C=C/c2ccccc2)n1. The number of amides is 1. The van der Waals surface area contributed by atoms with E-state index in [1.807, 2.05) is 67.4 Å². The zero-order chi connectivity index (χ0) is 20.9. The molecule has 1 aliphatic heterocycles. The molecule has 1 atom stereocenters. The number of carbonyl (C=O) groups is 1. The van der Waals surface area contributed by atoms with Crippen LogP contribution in [0, 0.1) is 13.8 Å². The van der Waals surface area contributed by atoms with Crippen LogP contribution in [0.15, 0.2) is 48.7 Å². The van der Waals surface area contributed by atoms with E-state index in [0.717, 1.165) is 47.1 Å². The molecule has 1 aromatic carbocycles. The monoisotopic (exact) mass is 419 g/mol. The molecule has 0 bridgehead atoms. The summed E-state index contributed by atoms with van der Waals surface area (Å²) in [5.74, 6) is 1.41. The van der Waals surface area contributed by atoms with Crippen molar-refractivity contribution in [2.45, 2.75) is 39.2 Å². The molecule has 0 spiro atoms. The van der Waals surface area contributed by atoms with E-state index in [1.165, 1.54) is 0 Å². The largest absolute Gasteiger partial charge is 0.331 e. The van der Waals surface area contributed by atoms with Crippen molar-refractivity contribution < 1.29 is 4.79 Å². The zero-order valence-corrected chi connectivity index (χ0v) is 18.0. The van der Waals surface area contributed by atoms with Crippen molar-refractivity contribution in [1.82, 2.24) is 19.9 Å². The van der Waals surface area contributed by atoms with E-state index in [1.54, 1.807) is 17.4 Å². The number of nitrogens with one attached hydrogen (secondary N) is 1. The van der Waals surface area contributed by atoms with Crippen molar-refractivity contribution in [2.24, 2.45) is 0 Å². The van der Waals surface area contributed by atoms with Gasteiger partial charge in [0.15, 0.2) is 5.13 Å². The van der Waals surface area contributed by atoms with Crippen LogP contribution in [-0.4, -0.2) is 32.3 Å². The zero-order valence-electron chi connectivity index (χ0n) is 17.2. The minimum atomic E-state index is -0.0491. The van der Waals surface area contributed by atoms with Crippen LogP contribution in [0.1, 0.15) is 47.3 Å². The number of likely N-dealkylation sites (tertiary alicyclic amines) is 1. The van der Waals surface area contributed by atoms with Crippen molar-refractivity contribution in [2.75, 3.05) is 11.9 Å². The van der Waals surface area contributed by atoms with Crippen LogP contribution in [0.5, 0.6) is 0 Å². The first-order valence-corrected chi connectivity index (χ1v) is 11.0. The van der Waals surface area contributed by atoms with Crippen molar-refractivity contribution >= 4 is 34.3 Å². The lowest BCUT2D eigenvalue weighted by molar-refractivity contribution is -0.129. The van der Waals surface area contributed by atoms with Crippen molar-refractivity contribution in [3.05, 3.63) is 70.6 Å². The molecule has 0 unspecified atom stereocenters. The van der Waals surface area contributed by atoms with Crippen LogP contribution in [0.2, 0.25) is 0 Å². The van der Waals surface area contributed by atoms with Gasteiger partial charge in [-0.15, -0.1) is 11.3 Å². The Labute approximate surface area is 180 Å². The molecular formula is C23H25N5OS. The topological polar surface area (TPSA) is 71.0 Å². The normalized spacial score (nSPS) is 16.7. The number of rotatable bonds is 5. The number of hydrogen-bond donors (Lipinski definition) is 1. The summed E-state index contributed by atoms with van der Waals surface area (Å²) in [7, 11) is 0. The maximum absolute atomic E-state index is 13.0. The lowest BCUT2D eigenvalue weighted by Crippen LogP contribution is -2.38. The van der Waals surface area contributed by atoms with E-state index in [-0.39, 0.29) is 11.9 Å². The van der Waals surface area contributed by atoms with Crippen molar-refractivity contribution in [3.63, 3.8) is 0 Å². The summed E-state index contributed by atoms with van der Waals surface area (Å²) in [6.07, 6.45) is 8.36. The molecule has 1 amide bonds. The van der Waals surface area contributed by atoms with E-state index in [4.69, 9.17) is 0 Å².